The molecule has 0 aromatic heterocycles. The van der Waals surface area contributed by atoms with Crippen LogP contribution in [0.4, 0.5) is 5.69 Å². The average Bonchev–Trinajstić information content (AvgIpc) is 3.11. The summed E-state index contributed by atoms with van der Waals surface area (Å²) in [6, 6.07) is 13.9. The van der Waals surface area contributed by atoms with Gasteiger partial charge in [0.1, 0.15) is 11.9 Å². The minimum absolute atomic E-state index is 0.110. The van der Waals surface area contributed by atoms with Crippen LogP contribution in [-0.4, -0.2) is 17.2 Å². The molecule has 2 heterocycles. The summed E-state index contributed by atoms with van der Waals surface area (Å²) in [7, 11) is 0. The Morgan fingerprint density at radius 1 is 1.24 bits per heavy atom. The molecule has 0 bridgehead atoms. The van der Waals surface area contributed by atoms with E-state index in [0.717, 1.165) is 23.4 Å². The largest absolute Gasteiger partial charge is 0.490 e. The van der Waals surface area contributed by atoms with Crippen LogP contribution >= 0.6 is 11.8 Å². The molecule has 0 spiro atoms. The van der Waals surface area contributed by atoms with Crippen LogP contribution in [-0.2, 0) is 11.2 Å². The van der Waals surface area contributed by atoms with Gasteiger partial charge in [0.05, 0.1) is 10.6 Å². The zero-order valence-electron chi connectivity index (χ0n) is 14.1. The van der Waals surface area contributed by atoms with E-state index in [2.05, 4.69) is 23.3 Å². The van der Waals surface area contributed by atoms with Gasteiger partial charge in [-0.25, -0.2) is 4.99 Å². The summed E-state index contributed by atoms with van der Waals surface area (Å²) in [6.45, 7) is 4.10. The van der Waals surface area contributed by atoms with Crippen LogP contribution in [0.25, 0.3) is 6.08 Å². The summed E-state index contributed by atoms with van der Waals surface area (Å²) >= 11 is 1.37. The Hall–Kier alpha value is -2.53. The maximum absolute atomic E-state index is 12.2. The first-order chi connectivity index (χ1) is 12.1. The molecule has 1 amide bonds. The molecule has 1 fully saturated rings. The Balaban J connectivity index is 1.55. The van der Waals surface area contributed by atoms with Crippen molar-refractivity contribution in [3.05, 3.63) is 64.1 Å². The summed E-state index contributed by atoms with van der Waals surface area (Å²) in [5.74, 6) is 0.834. The minimum atomic E-state index is -0.110. The molecule has 4 rings (SSSR count). The molecule has 126 valence electrons. The van der Waals surface area contributed by atoms with Crippen molar-refractivity contribution >= 4 is 34.6 Å². The molecule has 2 aliphatic heterocycles. The molecule has 0 saturated carbocycles. The highest BCUT2D eigenvalue weighted by molar-refractivity contribution is 8.18. The van der Waals surface area contributed by atoms with Crippen molar-refractivity contribution in [3.63, 3.8) is 0 Å². The molecule has 25 heavy (non-hydrogen) atoms. The Labute approximate surface area is 151 Å². The lowest BCUT2D eigenvalue weighted by Crippen LogP contribution is -2.19. The molecule has 2 aromatic rings. The lowest BCUT2D eigenvalue weighted by molar-refractivity contribution is -0.115. The van der Waals surface area contributed by atoms with Gasteiger partial charge in [-0.2, -0.15) is 0 Å². The number of carbonyl (C=O) groups is 1. The number of thioether (sulfide) groups is 1. The number of amidine groups is 1. The van der Waals surface area contributed by atoms with Gasteiger partial charge in [-0.05, 0) is 67.1 Å². The minimum Gasteiger partial charge on any atom is -0.490 e. The molecule has 0 unspecified atom stereocenters. The van der Waals surface area contributed by atoms with Crippen molar-refractivity contribution in [2.75, 3.05) is 0 Å². The number of carbonyl (C=O) groups excluding carboxylic acids is 1. The van der Waals surface area contributed by atoms with Gasteiger partial charge in [-0.1, -0.05) is 23.8 Å². The summed E-state index contributed by atoms with van der Waals surface area (Å²) in [5.41, 5.74) is 4.21. The van der Waals surface area contributed by atoms with E-state index in [0.29, 0.717) is 10.1 Å². The Kier molecular flexibility index (Phi) is 4.09. The van der Waals surface area contributed by atoms with E-state index in [1.165, 1.54) is 22.9 Å². The number of nitrogens with one attached hydrogen (secondary N) is 1. The first-order valence-electron chi connectivity index (χ1n) is 8.23. The highest BCUT2D eigenvalue weighted by Crippen LogP contribution is 2.32. The summed E-state index contributed by atoms with van der Waals surface area (Å²) in [5, 5.41) is 3.44. The predicted molar refractivity (Wildman–Crippen MR) is 102 cm³/mol. The quantitative estimate of drug-likeness (QED) is 0.826. The first kappa shape index (κ1) is 16.0. The number of hydrogen-bond donors (Lipinski definition) is 1. The maximum Gasteiger partial charge on any atom is 0.264 e. The van der Waals surface area contributed by atoms with E-state index < -0.39 is 0 Å². The molecule has 1 N–H and O–H groups in total. The number of aryl methyl sites for hydroxylation is 1. The summed E-state index contributed by atoms with van der Waals surface area (Å²) < 4.78 is 5.72. The van der Waals surface area contributed by atoms with E-state index in [9.17, 15) is 4.79 Å². The standard InChI is InChI=1S/C20H18N2O2S/c1-12-3-6-16(7-4-12)21-20-22-19(23)18(25-20)11-14-5-8-17-15(10-14)9-13(2)24-17/h3-8,10-11,13H,9H2,1-2H3,(H,21,22,23)/b18-11+/t13-/m1/s1. The highest BCUT2D eigenvalue weighted by Gasteiger charge is 2.24. The van der Waals surface area contributed by atoms with E-state index in [1.807, 2.05) is 49.4 Å². The van der Waals surface area contributed by atoms with Crippen LogP contribution < -0.4 is 10.1 Å². The summed E-state index contributed by atoms with van der Waals surface area (Å²) in [4.78, 5) is 17.4. The van der Waals surface area contributed by atoms with Gasteiger partial charge in [0.25, 0.3) is 5.91 Å². The van der Waals surface area contributed by atoms with Crippen LogP contribution in [0.3, 0.4) is 0 Å². The van der Waals surface area contributed by atoms with E-state index in [-0.39, 0.29) is 12.0 Å². The SMILES string of the molecule is Cc1ccc(N=C2NC(=O)/C(=C\c3ccc4c(c3)C[C@@H](C)O4)S2)cc1. The lowest BCUT2D eigenvalue weighted by Gasteiger charge is -2.02. The third kappa shape index (κ3) is 3.46. The third-order valence-electron chi connectivity index (χ3n) is 4.13. The molecule has 2 aromatic carbocycles. The molecule has 0 radical (unpaired) electrons. The smallest absolute Gasteiger partial charge is 0.264 e. The van der Waals surface area contributed by atoms with E-state index >= 15 is 0 Å². The number of ether oxygens (including phenoxy) is 1. The normalized spacial score (nSPS) is 22.2. The Morgan fingerprint density at radius 2 is 2.04 bits per heavy atom. The lowest BCUT2D eigenvalue weighted by atomic mass is 10.1. The monoisotopic (exact) mass is 350 g/mol. The number of benzene rings is 2. The van der Waals surface area contributed by atoms with Crippen molar-refractivity contribution in [2.24, 2.45) is 4.99 Å². The van der Waals surface area contributed by atoms with Crippen LogP contribution in [0, 0.1) is 6.92 Å². The highest BCUT2D eigenvalue weighted by atomic mass is 32.2. The van der Waals surface area contributed by atoms with Crippen LogP contribution in [0.1, 0.15) is 23.6 Å². The zero-order chi connectivity index (χ0) is 17.4. The topological polar surface area (TPSA) is 50.7 Å². The Bertz CT molecular complexity index is 900. The number of fused-ring (bicyclic) bond motifs is 1. The molecule has 1 saturated heterocycles. The van der Waals surface area contributed by atoms with Gasteiger partial charge in [0, 0.05) is 6.42 Å². The predicted octanol–water partition coefficient (Wildman–Crippen LogP) is 4.21. The van der Waals surface area contributed by atoms with Crippen molar-refractivity contribution in [3.8, 4) is 5.75 Å². The van der Waals surface area contributed by atoms with Crippen molar-refractivity contribution in [1.82, 2.24) is 5.32 Å². The molecular formula is C20H18N2O2S. The molecule has 0 aliphatic carbocycles. The van der Waals surface area contributed by atoms with Gasteiger partial charge >= 0.3 is 0 Å². The van der Waals surface area contributed by atoms with Crippen molar-refractivity contribution in [2.45, 2.75) is 26.4 Å². The molecule has 4 nitrogen and oxygen atoms in total. The fraction of sp³-hybridized carbons (Fsp3) is 0.200. The van der Waals surface area contributed by atoms with Gasteiger partial charge in [-0.3, -0.25) is 4.79 Å². The fourth-order valence-corrected chi connectivity index (χ4v) is 3.74. The van der Waals surface area contributed by atoms with E-state index in [4.69, 9.17) is 4.74 Å². The molecular weight excluding hydrogens is 332 g/mol. The zero-order valence-corrected chi connectivity index (χ0v) is 14.9. The average molecular weight is 350 g/mol. The van der Waals surface area contributed by atoms with Gasteiger partial charge in [-0.15, -0.1) is 0 Å². The van der Waals surface area contributed by atoms with Gasteiger partial charge in [0.2, 0.25) is 0 Å². The number of hydrogen-bond acceptors (Lipinski definition) is 4. The first-order valence-corrected chi connectivity index (χ1v) is 9.04. The number of rotatable bonds is 2. The van der Waals surface area contributed by atoms with Crippen molar-refractivity contribution < 1.29 is 9.53 Å². The summed E-state index contributed by atoms with van der Waals surface area (Å²) in [6.07, 6.45) is 3.03. The molecule has 1 atom stereocenters. The van der Waals surface area contributed by atoms with Crippen LogP contribution in [0.15, 0.2) is 52.4 Å². The number of aliphatic imine (C=N–C) groups is 1. The molecule has 5 heteroatoms. The van der Waals surface area contributed by atoms with Gasteiger partial charge in [0.15, 0.2) is 5.17 Å². The Morgan fingerprint density at radius 3 is 2.84 bits per heavy atom. The number of nitrogens with zero attached hydrogens (tertiary/aromatic N) is 1. The van der Waals surface area contributed by atoms with Crippen LogP contribution in [0.5, 0.6) is 5.75 Å². The van der Waals surface area contributed by atoms with Crippen molar-refractivity contribution in [1.29, 1.82) is 0 Å². The molecule has 2 aliphatic rings. The second kappa shape index (κ2) is 6.41. The van der Waals surface area contributed by atoms with Gasteiger partial charge < -0.3 is 10.1 Å². The third-order valence-corrected chi connectivity index (χ3v) is 5.04. The fourth-order valence-electron chi connectivity index (χ4n) is 2.90. The number of amides is 1. The maximum atomic E-state index is 12.2. The van der Waals surface area contributed by atoms with E-state index in [1.54, 1.807) is 0 Å². The second-order valence-electron chi connectivity index (χ2n) is 6.32. The second-order valence-corrected chi connectivity index (χ2v) is 7.35. The van der Waals surface area contributed by atoms with Crippen LogP contribution in [0.2, 0.25) is 0 Å².